The van der Waals surface area contributed by atoms with Gasteiger partial charge in [0.25, 0.3) is 0 Å². The molecule has 2 heteroatoms. The van der Waals surface area contributed by atoms with Gasteiger partial charge in [-0.3, -0.25) is 4.79 Å². The summed E-state index contributed by atoms with van der Waals surface area (Å²) in [5, 5.41) is 3.28. The minimum atomic E-state index is 0.204. The molecule has 76 valence electrons. The number of Topliss-reactive ketones (excluding diaryl/α,β-unsaturated/α-hetero) is 1. The van der Waals surface area contributed by atoms with Crippen LogP contribution in [0.2, 0.25) is 0 Å². The summed E-state index contributed by atoms with van der Waals surface area (Å²) in [4.78, 5) is 10.9. The van der Waals surface area contributed by atoms with Crippen molar-refractivity contribution in [3.8, 4) is 0 Å². The molecule has 1 aromatic rings. The van der Waals surface area contributed by atoms with Crippen LogP contribution in [-0.2, 0) is 4.79 Å². The molecule has 1 rings (SSSR count). The number of nitrogens with one attached hydrogen (secondary N) is 1. The van der Waals surface area contributed by atoms with Crippen molar-refractivity contribution in [3.63, 3.8) is 0 Å². The lowest BCUT2D eigenvalue weighted by Gasteiger charge is -2.13. The van der Waals surface area contributed by atoms with Crippen molar-refractivity contribution in [1.82, 2.24) is 0 Å². The van der Waals surface area contributed by atoms with Crippen molar-refractivity contribution in [1.29, 1.82) is 0 Å². The smallest absolute Gasteiger partial charge is 0.131 e. The number of ketones is 1. The fourth-order valence-corrected chi connectivity index (χ4v) is 1.42. The maximum atomic E-state index is 10.9. The highest BCUT2D eigenvalue weighted by Crippen LogP contribution is 2.11. The van der Waals surface area contributed by atoms with Crippen molar-refractivity contribution in [2.24, 2.45) is 0 Å². The normalized spacial score (nSPS) is 12.2. The van der Waals surface area contributed by atoms with Gasteiger partial charge in [0.05, 0.1) is 0 Å². The van der Waals surface area contributed by atoms with Crippen LogP contribution in [0.5, 0.6) is 0 Å². The quantitative estimate of drug-likeness (QED) is 0.792. The van der Waals surface area contributed by atoms with E-state index in [1.165, 1.54) is 5.56 Å². The second-order valence-electron chi connectivity index (χ2n) is 3.82. The van der Waals surface area contributed by atoms with Crippen LogP contribution in [0.1, 0.15) is 25.8 Å². The average Bonchev–Trinajstić information content (AvgIpc) is 2.07. The van der Waals surface area contributed by atoms with Crippen LogP contribution in [0, 0.1) is 6.92 Å². The minimum absolute atomic E-state index is 0.204. The zero-order chi connectivity index (χ0) is 10.6. The summed E-state index contributed by atoms with van der Waals surface area (Å²) in [6, 6.07) is 8.39. The molecule has 0 aliphatic carbocycles. The van der Waals surface area contributed by atoms with Gasteiger partial charge in [-0.1, -0.05) is 17.7 Å². The van der Waals surface area contributed by atoms with Gasteiger partial charge < -0.3 is 5.32 Å². The third kappa shape index (κ3) is 3.60. The van der Waals surface area contributed by atoms with E-state index < -0.39 is 0 Å². The first-order valence-corrected chi connectivity index (χ1v) is 4.90. The molecule has 1 aromatic carbocycles. The molecule has 0 saturated heterocycles. The number of benzene rings is 1. The molecule has 0 bridgehead atoms. The van der Waals surface area contributed by atoms with Crippen LogP contribution in [-0.4, -0.2) is 11.8 Å². The topological polar surface area (TPSA) is 29.1 Å². The summed E-state index contributed by atoms with van der Waals surface area (Å²) in [6.45, 7) is 5.69. The summed E-state index contributed by atoms with van der Waals surface area (Å²) in [7, 11) is 0. The summed E-state index contributed by atoms with van der Waals surface area (Å²) in [6.07, 6.45) is 0.577. The Hall–Kier alpha value is -1.31. The lowest BCUT2D eigenvalue weighted by atomic mass is 10.1. The van der Waals surface area contributed by atoms with E-state index in [0.717, 1.165) is 5.69 Å². The van der Waals surface area contributed by atoms with Gasteiger partial charge in [-0.15, -0.1) is 0 Å². The Balaban J connectivity index is 2.51. The maximum Gasteiger partial charge on any atom is 0.131 e. The van der Waals surface area contributed by atoms with E-state index in [4.69, 9.17) is 0 Å². The van der Waals surface area contributed by atoms with Gasteiger partial charge in [0, 0.05) is 18.2 Å². The van der Waals surface area contributed by atoms with Gasteiger partial charge >= 0.3 is 0 Å². The minimum Gasteiger partial charge on any atom is -0.382 e. The summed E-state index contributed by atoms with van der Waals surface area (Å²) in [5.74, 6) is 0.220. The number of carbonyl (C=O) groups excluding carboxylic acids is 1. The predicted molar refractivity (Wildman–Crippen MR) is 59.6 cm³/mol. The molecular formula is C12H17NO. The molecule has 1 atom stereocenters. The SMILES string of the molecule is CC(=O)CC(C)Nc1ccc(C)cc1. The number of rotatable bonds is 4. The number of carbonyl (C=O) groups is 1. The highest BCUT2D eigenvalue weighted by molar-refractivity contribution is 5.76. The molecule has 0 aliphatic heterocycles. The molecule has 1 unspecified atom stereocenters. The Kier molecular flexibility index (Phi) is 3.69. The van der Waals surface area contributed by atoms with Gasteiger partial charge in [-0.25, -0.2) is 0 Å². The zero-order valence-electron chi connectivity index (χ0n) is 9.00. The molecule has 1 N–H and O–H groups in total. The molecule has 2 nitrogen and oxygen atoms in total. The molecule has 0 heterocycles. The Morgan fingerprint density at radius 3 is 2.43 bits per heavy atom. The van der Waals surface area contributed by atoms with E-state index in [1.807, 2.05) is 19.1 Å². The highest BCUT2D eigenvalue weighted by Gasteiger charge is 2.04. The fraction of sp³-hybridized carbons (Fsp3) is 0.417. The van der Waals surface area contributed by atoms with E-state index in [9.17, 15) is 4.79 Å². The lowest BCUT2D eigenvalue weighted by molar-refractivity contribution is -0.117. The van der Waals surface area contributed by atoms with Gasteiger partial charge in [0.2, 0.25) is 0 Å². The fourth-order valence-electron chi connectivity index (χ4n) is 1.42. The Labute approximate surface area is 85.3 Å². The van der Waals surface area contributed by atoms with Crippen LogP contribution in [0.25, 0.3) is 0 Å². The number of hydrogen-bond acceptors (Lipinski definition) is 2. The maximum absolute atomic E-state index is 10.9. The molecular weight excluding hydrogens is 174 g/mol. The largest absolute Gasteiger partial charge is 0.382 e. The van der Waals surface area contributed by atoms with Crippen molar-refractivity contribution < 1.29 is 4.79 Å². The zero-order valence-corrected chi connectivity index (χ0v) is 9.00. The van der Waals surface area contributed by atoms with Crippen molar-refractivity contribution in [3.05, 3.63) is 29.8 Å². The van der Waals surface area contributed by atoms with E-state index in [0.29, 0.717) is 6.42 Å². The second kappa shape index (κ2) is 4.80. The first-order chi connectivity index (χ1) is 6.58. The predicted octanol–water partition coefficient (Wildman–Crippen LogP) is 2.77. The summed E-state index contributed by atoms with van der Waals surface area (Å²) < 4.78 is 0. The molecule has 0 aliphatic rings. The van der Waals surface area contributed by atoms with Crippen LogP contribution >= 0.6 is 0 Å². The van der Waals surface area contributed by atoms with E-state index in [1.54, 1.807) is 6.92 Å². The average molecular weight is 191 g/mol. The number of hydrogen-bond donors (Lipinski definition) is 1. The third-order valence-electron chi connectivity index (χ3n) is 2.06. The van der Waals surface area contributed by atoms with Crippen LogP contribution in [0.4, 0.5) is 5.69 Å². The Morgan fingerprint density at radius 1 is 1.36 bits per heavy atom. The monoisotopic (exact) mass is 191 g/mol. The van der Waals surface area contributed by atoms with Crippen LogP contribution in [0.3, 0.4) is 0 Å². The Morgan fingerprint density at radius 2 is 1.93 bits per heavy atom. The van der Waals surface area contributed by atoms with E-state index in [2.05, 4.69) is 24.4 Å². The van der Waals surface area contributed by atoms with Gasteiger partial charge in [0.1, 0.15) is 5.78 Å². The first kappa shape index (κ1) is 10.8. The molecule has 0 saturated carbocycles. The molecule has 0 spiro atoms. The van der Waals surface area contributed by atoms with Crippen molar-refractivity contribution >= 4 is 11.5 Å². The third-order valence-corrected chi connectivity index (χ3v) is 2.06. The number of aryl methyl sites for hydroxylation is 1. The first-order valence-electron chi connectivity index (χ1n) is 4.90. The number of anilines is 1. The van der Waals surface area contributed by atoms with Gasteiger partial charge in [0.15, 0.2) is 0 Å². The molecule has 0 radical (unpaired) electrons. The summed E-state index contributed by atoms with van der Waals surface area (Å²) >= 11 is 0. The highest BCUT2D eigenvalue weighted by atomic mass is 16.1. The van der Waals surface area contributed by atoms with Gasteiger partial charge in [-0.05, 0) is 32.9 Å². The molecule has 0 fully saturated rings. The van der Waals surface area contributed by atoms with Crippen molar-refractivity contribution in [2.75, 3.05) is 5.32 Å². The molecule has 0 aromatic heterocycles. The molecule has 0 amide bonds. The van der Waals surface area contributed by atoms with E-state index in [-0.39, 0.29) is 11.8 Å². The summed E-state index contributed by atoms with van der Waals surface area (Å²) in [5.41, 5.74) is 2.32. The standard InChI is InChI=1S/C12H17NO/c1-9-4-6-12(7-5-9)13-10(2)8-11(3)14/h4-7,10,13H,8H2,1-3H3. The van der Waals surface area contributed by atoms with Crippen LogP contribution < -0.4 is 5.32 Å². The Bertz CT molecular complexity index is 303. The van der Waals surface area contributed by atoms with Gasteiger partial charge in [-0.2, -0.15) is 0 Å². The van der Waals surface area contributed by atoms with Crippen LogP contribution in [0.15, 0.2) is 24.3 Å². The van der Waals surface area contributed by atoms with Crippen molar-refractivity contribution in [2.45, 2.75) is 33.2 Å². The molecule has 14 heavy (non-hydrogen) atoms. The lowest BCUT2D eigenvalue weighted by Crippen LogP contribution is -2.18. The second-order valence-corrected chi connectivity index (χ2v) is 3.82. The van der Waals surface area contributed by atoms with E-state index >= 15 is 0 Å².